The fourth-order valence-corrected chi connectivity index (χ4v) is 11.7. The van der Waals surface area contributed by atoms with Gasteiger partial charge in [0.1, 0.15) is 54.1 Å². The Kier molecular flexibility index (Phi) is 19.7. The van der Waals surface area contributed by atoms with Crippen LogP contribution in [0.4, 0.5) is 0 Å². The van der Waals surface area contributed by atoms with Crippen molar-refractivity contribution in [1.29, 1.82) is 0 Å². The minimum Gasteiger partial charge on any atom is -0.508 e. The van der Waals surface area contributed by atoms with Gasteiger partial charge in [0.2, 0.25) is 53.2 Å². The predicted molar refractivity (Wildman–Crippen MR) is 325 cm³/mol. The molecule has 4 aromatic carbocycles. The third-order valence-corrected chi connectivity index (χ3v) is 16.6. The number of aromatic nitrogens is 3. The van der Waals surface area contributed by atoms with Crippen LogP contribution in [0.5, 0.6) is 5.75 Å². The monoisotopic (exact) mass is 1190 g/mol. The molecule has 2 saturated heterocycles. The van der Waals surface area contributed by atoms with E-state index in [1.807, 2.05) is 79.0 Å². The molecule has 3 aromatic heterocycles. The number of hydrogen-bond acceptors (Lipinski definition) is 11. The molecular formula is C64H76N12O11. The number of aromatic hydroxyl groups is 1. The van der Waals surface area contributed by atoms with Crippen LogP contribution in [0.2, 0.25) is 0 Å². The predicted octanol–water partition coefficient (Wildman–Crippen LogP) is 2.79. The Morgan fingerprint density at radius 3 is 1.53 bits per heavy atom. The van der Waals surface area contributed by atoms with Gasteiger partial charge in [0.15, 0.2) is 0 Å². The standard InChI is InChI=1S/C64H76N12O11/c1-35(2)55(62(85)69-37(4)56(65)79)74-61(84)53-19-11-25-75(53)64(87)54-20-12-26-76(54)63(86)51(30-41-33-68-48-18-10-7-15-45(41)48)72-58(81)49(28-38-21-23-42(78)24-22-38)71-60(83)52(34-77)73-59(82)50(29-40-32-67-47-17-9-6-14-44(40)47)70-57(80)36(3)27-39-31-66-46-16-8-5-13-43(39)46/h5-10,13-18,21-24,31-33,35-37,49-55,66-68,77-78H,11-12,19-20,25-30,34H2,1-4H3,(H2,65,79)(H,69,85)(H,70,80)(H,71,83)(H,72,81)(H,73,82)(H,74,84)/t36-,37-,49-,50-,51-,52-,53-,54-,55-/m0/s1. The van der Waals surface area contributed by atoms with Gasteiger partial charge in [0.25, 0.3) is 0 Å². The summed E-state index contributed by atoms with van der Waals surface area (Å²) >= 11 is 0. The molecule has 0 aliphatic carbocycles. The number of amides is 9. The molecule has 2 aliphatic heterocycles. The van der Waals surface area contributed by atoms with E-state index in [4.69, 9.17) is 5.73 Å². The number of nitrogens with one attached hydrogen (secondary N) is 9. The highest BCUT2D eigenvalue weighted by Crippen LogP contribution is 2.29. The zero-order valence-corrected chi connectivity index (χ0v) is 49.1. The fraction of sp³-hybridized carbons (Fsp3) is 0.391. The Morgan fingerprint density at radius 1 is 0.529 bits per heavy atom. The zero-order valence-electron chi connectivity index (χ0n) is 49.1. The average Bonchev–Trinajstić information content (AvgIpc) is 2.53. The number of aliphatic hydroxyl groups excluding tert-OH is 1. The second kappa shape index (κ2) is 27.7. The minimum atomic E-state index is -1.66. The van der Waals surface area contributed by atoms with Crippen molar-refractivity contribution in [2.24, 2.45) is 17.6 Å². The maximum absolute atomic E-state index is 15.3. The number of carbonyl (C=O) groups excluding carboxylic acids is 9. The molecular weight excluding hydrogens is 1110 g/mol. The van der Waals surface area contributed by atoms with Crippen molar-refractivity contribution in [3.05, 3.63) is 138 Å². The van der Waals surface area contributed by atoms with Crippen LogP contribution in [0.1, 0.15) is 75.6 Å². The van der Waals surface area contributed by atoms with Crippen LogP contribution in [-0.4, -0.2) is 156 Å². The van der Waals surface area contributed by atoms with E-state index < -0.39 is 120 Å². The summed E-state index contributed by atoms with van der Waals surface area (Å²) in [4.78, 5) is 140. The maximum atomic E-state index is 15.3. The number of benzene rings is 4. The Morgan fingerprint density at radius 2 is 0.989 bits per heavy atom. The molecule has 7 aromatic rings. The number of nitrogens with two attached hydrogens (primary N) is 1. The number of phenolic OH excluding ortho intramolecular Hbond substituents is 1. The Bertz CT molecular complexity index is 3670. The molecule has 9 atom stereocenters. The first-order chi connectivity index (χ1) is 41.8. The molecule has 0 radical (unpaired) electrons. The summed E-state index contributed by atoms with van der Waals surface area (Å²) in [5, 5.41) is 40.0. The number of carbonyl (C=O) groups is 9. The van der Waals surface area contributed by atoms with Crippen molar-refractivity contribution in [2.45, 2.75) is 127 Å². The van der Waals surface area contributed by atoms with Crippen molar-refractivity contribution >= 4 is 85.9 Å². The molecule has 2 fully saturated rings. The summed E-state index contributed by atoms with van der Waals surface area (Å²) in [6, 6.07) is 18.6. The lowest BCUT2D eigenvalue weighted by atomic mass is 9.98. The van der Waals surface area contributed by atoms with E-state index in [0.717, 1.165) is 38.3 Å². The van der Waals surface area contributed by atoms with Gasteiger partial charge in [-0.05, 0) is 97.5 Å². The number of aromatic amines is 3. The average molecular weight is 1190 g/mol. The number of para-hydroxylation sites is 3. The SMILES string of the molecule is CC(C)[C@H](NC(=O)[C@@H]1CCCN1C(=O)[C@@H]1CCCN1C(=O)[C@H](Cc1c[nH]c2ccccc12)NC(=O)[C@H](Cc1ccc(O)cc1)NC(=O)[C@H](CO)NC(=O)[C@H](Cc1c[nH]c2ccccc12)NC(=O)[C@@H](C)Cc1c[nH]c2ccccc12)C(=O)N[C@@H](C)C(N)=O. The Labute approximate surface area is 502 Å². The number of H-pyrrole nitrogens is 3. The van der Waals surface area contributed by atoms with Crippen LogP contribution in [0.3, 0.4) is 0 Å². The molecule has 2 aliphatic rings. The maximum Gasteiger partial charge on any atom is 0.246 e. The van der Waals surface area contributed by atoms with Gasteiger partial charge >= 0.3 is 0 Å². The fourth-order valence-electron chi connectivity index (χ4n) is 11.7. The van der Waals surface area contributed by atoms with Crippen LogP contribution in [0, 0.1) is 11.8 Å². The van der Waals surface area contributed by atoms with Gasteiger partial charge in [0.05, 0.1) is 6.61 Å². The molecule has 13 N–H and O–H groups in total. The number of rotatable bonds is 25. The van der Waals surface area contributed by atoms with Crippen molar-refractivity contribution in [3.8, 4) is 5.75 Å². The van der Waals surface area contributed by atoms with Gasteiger partial charge in [-0.15, -0.1) is 0 Å². The van der Waals surface area contributed by atoms with E-state index in [9.17, 15) is 43.8 Å². The van der Waals surface area contributed by atoms with E-state index in [0.29, 0.717) is 36.0 Å². The molecule has 87 heavy (non-hydrogen) atoms. The zero-order chi connectivity index (χ0) is 62.1. The molecule has 0 bridgehead atoms. The van der Waals surface area contributed by atoms with Crippen molar-refractivity contribution in [1.82, 2.24) is 56.7 Å². The minimum absolute atomic E-state index is 0.00461. The van der Waals surface area contributed by atoms with E-state index in [2.05, 4.69) is 46.9 Å². The van der Waals surface area contributed by atoms with Crippen LogP contribution in [-0.2, 0) is 68.8 Å². The quantitative estimate of drug-likeness (QED) is 0.0395. The molecule has 5 heterocycles. The number of aliphatic hydroxyl groups is 1. The van der Waals surface area contributed by atoms with Gasteiger partial charge < -0.3 is 72.6 Å². The van der Waals surface area contributed by atoms with Crippen LogP contribution < -0.4 is 37.6 Å². The third kappa shape index (κ3) is 14.6. The van der Waals surface area contributed by atoms with Crippen LogP contribution >= 0.6 is 0 Å². The lowest BCUT2D eigenvalue weighted by Gasteiger charge is -2.34. The van der Waals surface area contributed by atoms with Crippen LogP contribution in [0.15, 0.2) is 116 Å². The molecule has 0 spiro atoms. The third-order valence-electron chi connectivity index (χ3n) is 16.6. The number of phenols is 1. The highest BCUT2D eigenvalue weighted by molar-refractivity contribution is 5.99. The molecule has 9 rings (SSSR count). The molecule has 23 heteroatoms. The lowest BCUT2D eigenvalue weighted by Crippen LogP contribution is -2.61. The number of likely N-dealkylation sites (tertiary alicyclic amines) is 2. The Balaban J connectivity index is 0.946. The topological polar surface area (TPSA) is 346 Å². The number of hydrogen-bond donors (Lipinski definition) is 12. The van der Waals surface area contributed by atoms with Gasteiger partial charge in [-0.1, -0.05) is 87.5 Å². The normalized spacial score (nSPS) is 17.4. The van der Waals surface area contributed by atoms with E-state index in [1.54, 1.807) is 45.3 Å². The van der Waals surface area contributed by atoms with Crippen molar-refractivity contribution in [2.75, 3.05) is 19.7 Å². The first-order valence-corrected chi connectivity index (χ1v) is 29.5. The lowest BCUT2D eigenvalue weighted by molar-refractivity contribution is -0.148. The second-order valence-corrected chi connectivity index (χ2v) is 23.1. The number of primary amides is 1. The summed E-state index contributed by atoms with van der Waals surface area (Å²) < 4.78 is 0. The molecule has 23 nitrogen and oxygen atoms in total. The first kappa shape index (κ1) is 62.0. The molecule has 0 saturated carbocycles. The summed E-state index contributed by atoms with van der Waals surface area (Å²) in [5.74, 6) is -7.15. The number of fused-ring (bicyclic) bond motifs is 3. The smallest absolute Gasteiger partial charge is 0.246 e. The molecule has 0 unspecified atom stereocenters. The van der Waals surface area contributed by atoms with Crippen molar-refractivity contribution in [3.63, 3.8) is 0 Å². The van der Waals surface area contributed by atoms with Gasteiger partial charge in [-0.3, -0.25) is 43.2 Å². The summed E-state index contributed by atoms with van der Waals surface area (Å²) in [6.45, 7) is 6.03. The van der Waals surface area contributed by atoms with Gasteiger partial charge in [0, 0.05) is 89.6 Å². The van der Waals surface area contributed by atoms with E-state index in [1.165, 1.54) is 28.9 Å². The highest BCUT2D eigenvalue weighted by Gasteiger charge is 2.45. The van der Waals surface area contributed by atoms with Gasteiger partial charge in [-0.2, -0.15) is 0 Å². The van der Waals surface area contributed by atoms with Crippen LogP contribution in [0.25, 0.3) is 32.7 Å². The first-order valence-electron chi connectivity index (χ1n) is 29.5. The summed E-state index contributed by atoms with van der Waals surface area (Å²) in [5.41, 5.74) is 10.6. The summed E-state index contributed by atoms with van der Waals surface area (Å²) in [6.07, 6.45) is 6.78. The summed E-state index contributed by atoms with van der Waals surface area (Å²) in [7, 11) is 0. The van der Waals surface area contributed by atoms with Crippen molar-refractivity contribution < 1.29 is 53.4 Å². The van der Waals surface area contributed by atoms with Gasteiger partial charge in [-0.25, -0.2) is 0 Å². The Hall–Kier alpha value is -9.51. The molecule has 458 valence electrons. The molecule has 9 amide bonds. The van der Waals surface area contributed by atoms with E-state index in [-0.39, 0.29) is 50.9 Å². The number of nitrogens with zero attached hydrogens (tertiary/aromatic N) is 2. The second-order valence-electron chi connectivity index (χ2n) is 23.1. The largest absolute Gasteiger partial charge is 0.508 e. The van der Waals surface area contributed by atoms with E-state index >= 15 is 9.59 Å². The highest BCUT2D eigenvalue weighted by atomic mass is 16.3.